The highest BCUT2D eigenvalue weighted by Gasteiger charge is 2.09. The molecule has 2 aromatic carbocycles. The molecular weight excluding hydrogens is 270 g/mol. The lowest BCUT2D eigenvalue weighted by Crippen LogP contribution is -2.05. The second-order valence-electron chi connectivity index (χ2n) is 4.88. The molecule has 0 spiro atoms. The molecule has 0 unspecified atom stereocenters. The summed E-state index contributed by atoms with van der Waals surface area (Å²) in [5.74, 6) is -1.09. The Morgan fingerprint density at radius 1 is 1.00 bits per heavy atom. The Balaban J connectivity index is 1.94. The minimum atomic E-state index is -0.544. The Hall–Kier alpha value is -2.49. The van der Waals surface area contributed by atoms with E-state index >= 15 is 0 Å². The third-order valence-electron chi connectivity index (χ3n) is 3.49. The molecule has 4 heteroatoms. The van der Waals surface area contributed by atoms with Crippen LogP contribution in [0.5, 0.6) is 0 Å². The van der Waals surface area contributed by atoms with Crippen molar-refractivity contribution < 1.29 is 8.78 Å². The fourth-order valence-corrected chi connectivity index (χ4v) is 2.35. The van der Waals surface area contributed by atoms with Gasteiger partial charge in [0.05, 0.1) is 5.52 Å². The minimum Gasteiger partial charge on any atom is -0.380 e. The molecule has 106 valence electrons. The molecule has 0 aliphatic rings. The molecule has 0 aliphatic heterocycles. The van der Waals surface area contributed by atoms with Crippen LogP contribution in [0.4, 0.5) is 14.5 Å². The Bertz CT molecular complexity index is 780. The van der Waals surface area contributed by atoms with Crippen molar-refractivity contribution in [3.63, 3.8) is 0 Å². The summed E-state index contributed by atoms with van der Waals surface area (Å²) in [4.78, 5) is 4.34. The lowest BCUT2D eigenvalue weighted by molar-refractivity contribution is 0.560. The SMILES string of the molecule is Cc1ccc(NCc2c(F)cccc2F)c2cccnc12. The number of hydrogen-bond donors (Lipinski definition) is 1. The van der Waals surface area contributed by atoms with Crippen LogP contribution in [0.15, 0.2) is 48.7 Å². The van der Waals surface area contributed by atoms with Crippen molar-refractivity contribution >= 4 is 16.6 Å². The van der Waals surface area contributed by atoms with E-state index in [-0.39, 0.29) is 12.1 Å². The molecule has 0 saturated carbocycles. The van der Waals surface area contributed by atoms with Gasteiger partial charge in [-0.05, 0) is 42.8 Å². The first-order valence-corrected chi connectivity index (χ1v) is 6.68. The summed E-state index contributed by atoms with van der Waals surface area (Å²) in [5, 5.41) is 4.03. The molecule has 1 heterocycles. The molecule has 1 N–H and O–H groups in total. The Labute approximate surface area is 121 Å². The van der Waals surface area contributed by atoms with Gasteiger partial charge in [0.2, 0.25) is 0 Å². The number of pyridine rings is 1. The van der Waals surface area contributed by atoms with Crippen LogP contribution in [-0.4, -0.2) is 4.98 Å². The van der Waals surface area contributed by atoms with Gasteiger partial charge in [-0.3, -0.25) is 4.98 Å². The fourth-order valence-electron chi connectivity index (χ4n) is 2.35. The molecule has 0 atom stereocenters. The van der Waals surface area contributed by atoms with E-state index in [1.165, 1.54) is 18.2 Å². The van der Waals surface area contributed by atoms with E-state index in [1.807, 2.05) is 31.2 Å². The summed E-state index contributed by atoms with van der Waals surface area (Å²) in [6.07, 6.45) is 1.73. The van der Waals surface area contributed by atoms with Crippen LogP contribution < -0.4 is 5.32 Å². The van der Waals surface area contributed by atoms with Gasteiger partial charge in [0.15, 0.2) is 0 Å². The number of nitrogens with zero attached hydrogens (tertiary/aromatic N) is 1. The molecule has 2 nitrogen and oxygen atoms in total. The molecule has 0 bridgehead atoms. The van der Waals surface area contributed by atoms with Crippen molar-refractivity contribution in [2.24, 2.45) is 0 Å². The van der Waals surface area contributed by atoms with Crippen LogP contribution in [0.25, 0.3) is 10.9 Å². The zero-order chi connectivity index (χ0) is 14.8. The number of rotatable bonds is 3. The fraction of sp³-hybridized carbons (Fsp3) is 0.118. The number of fused-ring (bicyclic) bond motifs is 1. The van der Waals surface area contributed by atoms with E-state index in [0.717, 1.165) is 22.2 Å². The largest absolute Gasteiger partial charge is 0.380 e. The van der Waals surface area contributed by atoms with Gasteiger partial charge in [0, 0.05) is 29.4 Å². The molecule has 0 fully saturated rings. The highest BCUT2D eigenvalue weighted by atomic mass is 19.1. The molecule has 21 heavy (non-hydrogen) atoms. The third-order valence-corrected chi connectivity index (χ3v) is 3.49. The summed E-state index contributed by atoms with van der Waals surface area (Å²) in [6, 6.07) is 11.5. The van der Waals surface area contributed by atoms with E-state index < -0.39 is 11.6 Å². The number of nitrogens with one attached hydrogen (secondary N) is 1. The van der Waals surface area contributed by atoms with Gasteiger partial charge in [0.1, 0.15) is 11.6 Å². The number of aromatic nitrogens is 1. The summed E-state index contributed by atoms with van der Waals surface area (Å²) in [6.45, 7) is 2.07. The standard InChI is InChI=1S/C17H14F2N2/c1-11-7-8-16(12-4-3-9-20-17(11)12)21-10-13-14(18)5-2-6-15(13)19/h2-9,21H,10H2,1H3. The van der Waals surface area contributed by atoms with Crippen molar-refractivity contribution in [1.29, 1.82) is 0 Å². The second-order valence-corrected chi connectivity index (χ2v) is 4.88. The van der Waals surface area contributed by atoms with E-state index in [9.17, 15) is 8.78 Å². The first-order chi connectivity index (χ1) is 10.2. The maximum Gasteiger partial charge on any atom is 0.131 e. The number of aryl methyl sites for hydroxylation is 1. The van der Waals surface area contributed by atoms with Crippen molar-refractivity contribution in [3.05, 3.63) is 71.4 Å². The maximum absolute atomic E-state index is 13.6. The lowest BCUT2D eigenvalue weighted by atomic mass is 10.1. The van der Waals surface area contributed by atoms with Gasteiger partial charge in [-0.25, -0.2) is 8.78 Å². The summed E-state index contributed by atoms with van der Waals surface area (Å²) in [5.41, 5.74) is 2.80. The van der Waals surface area contributed by atoms with Gasteiger partial charge in [-0.15, -0.1) is 0 Å². The predicted molar refractivity (Wildman–Crippen MR) is 80.2 cm³/mol. The summed E-state index contributed by atoms with van der Waals surface area (Å²) < 4.78 is 27.3. The average Bonchev–Trinajstić information content (AvgIpc) is 2.49. The number of halogens is 2. The number of hydrogen-bond acceptors (Lipinski definition) is 2. The number of anilines is 1. The Kier molecular flexibility index (Phi) is 3.52. The third kappa shape index (κ3) is 2.57. The van der Waals surface area contributed by atoms with Gasteiger partial charge >= 0.3 is 0 Å². The van der Waals surface area contributed by atoms with Crippen molar-refractivity contribution in [1.82, 2.24) is 4.98 Å². The van der Waals surface area contributed by atoms with Crippen LogP contribution in [0.3, 0.4) is 0 Å². The highest BCUT2D eigenvalue weighted by molar-refractivity contribution is 5.93. The zero-order valence-corrected chi connectivity index (χ0v) is 11.5. The molecule has 0 radical (unpaired) electrons. The molecule has 0 saturated heterocycles. The first kappa shape index (κ1) is 13.5. The average molecular weight is 284 g/mol. The van der Waals surface area contributed by atoms with E-state index in [4.69, 9.17) is 0 Å². The van der Waals surface area contributed by atoms with Gasteiger partial charge < -0.3 is 5.32 Å². The highest BCUT2D eigenvalue weighted by Crippen LogP contribution is 2.25. The van der Waals surface area contributed by atoms with Crippen molar-refractivity contribution in [3.8, 4) is 0 Å². The molecule has 0 amide bonds. The number of benzene rings is 2. The monoisotopic (exact) mass is 284 g/mol. The van der Waals surface area contributed by atoms with Crippen LogP contribution in [0.2, 0.25) is 0 Å². The molecule has 0 aliphatic carbocycles. The maximum atomic E-state index is 13.6. The van der Waals surface area contributed by atoms with Crippen LogP contribution >= 0.6 is 0 Å². The summed E-state index contributed by atoms with van der Waals surface area (Å²) >= 11 is 0. The molecular formula is C17H14F2N2. The van der Waals surface area contributed by atoms with E-state index in [0.29, 0.717) is 0 Å². The van der Waals surface area contributed by atoms with Gasteiger partial charge in [-0.2, -0.15) is 0 Å². The van der Waals surface area contributed by atoms with E-state index in [1.54, 1.807) is 6.20 Å². The normalized spacial score (nSPS) is 10.8. The lowest BCUT2D eigenvalue weighted by Gasteiger charge is -2.12. The Morgan fingerprint density at radius 2 is 1.76 bits per heavy atom. The van der Waals surface area contributed by atoms with Crippen molar-refractivity contribution in [2.75, 3.05) is 5.32 Å². The second kappa shape index (κ2) is 5.48. The van der Waals surface area contributed by atoms with Crippen molar-refractivity contribution in [2.45, 2.75) is 13.5 Å². The zero-order valence-electron chi connectivity index (χ0n) is 11.5. The summed E-state index contributed by atoms with van der Waals surface area (Å²) in [7, 11) is 0. The minimum absolute atomic E-state index is 0.0371. The molecule has 3 rings (SSSR count). The Morgan fingerprint density at radius 3 is 2.52 bits per heavy atom. The van der Waals surface area contributed by atoms with Gasteiger partial charge in [0.25, 0.3) is 0 Å². The van der Waals surface area contributed by atoms with Crippen LogP contribution in [0, 0.1) is 18.6 Å². The topological polar surface area (TPSA) is 24.9 Å². The smallest absolute Gasteiger partial charge is 0.131 e. The molecule has 3 aromatic rings. The van der Waals surface area contributed by atoms with Crippen LogP contribution in [0.1, 0.15) is 11.1 Å². The first-order valence-electron chi connectivity index (χ1n) is 6.68. The predicted octanol–water partition coefficient (Wildman–Crippen LogP) is 4.43. The van der Waals surface area contributed by atoms with Gasteiger partial charge in [-0.1, -0.05) is 12.1 Å². The van der Waals surface area contributed by atoms with Crippen LogP contribution in [-0.2, 0) is 6.54 Å². The quantitative estimate of drug-likeness (QED) is 0.769. The van der Waals surface area contributed by atoms with E-state index in [2.05, 4.69) is 10.3 Å². The molecule has 1 aromatic heterocycles.